The van der Waals surface area contributed by atoms with Gasteiger partial charge in [0.2, 0.25) is 0 Å². The minimum absolute atomic E-state index is 0.0864. The van der Waals surface area contributed by atoms with Gasteiger partial charge in [-0.1, -0.05) is 40.7 Å². The molecule has 1 saturated heterocycles. The Hall–Kier alpha value is -0.380. The average Bonchev–Trinajstić information content (AvgIpc) is 3.37. The summed E-state index contributed by atoms with van der Waals surface area (Å²) in [5.74, 6) is 5.50. The van der Waals surface area contributed by atoms with E-state index in [0.29, 0.717) is 23.7 Å². The quantitative estimate of drug-likeness (QED) is 0.421. The molecule has 2 aliphatic heterocycles. The molecule has 1 N–H and O–H groups in total. The van der Waals surface area contributed by atoms with Crippen molar-refractivity contribution in [2.75, 3.05) is 0 Å². The van der Waals surface area contributed by atoms with Crippen LogP contribution >= 0.6 is 0 Å². The van der Waals surface area contributed by atoms with Crippen molar-refractivity contribution in [2.24, 2.45) is 52.3 Å². The first-order chi connectivity index (χ1) is 14.7. The molecule has 0 amide bonds. The first kappa shape index (κ1) is 21.2. The molecule has 2 spiro atoms. The summed E-state index contributed by atoms with van der Waals surface area (Å²) in [5, 5.41) is 10.4. The summed E-state index contributed by atoms with van der Waals surface area (Å²) in [6.07, 6.45) is 15.2. The highest BCUT2D eigenvalue weighted by Crippen LogP contribution is 2.73. The van der Waals surface area contributed by atoms with E-state index in [4.69, 9.17) is 9.78 Å². The predicted molar refractivity (Wildman–Crippen MR) is 122 cm³/mol. The minimum Gasteiger partial charge on any atom is -0.393 e. The third-order valence-corrected chi connectivity index (χ3v) is 11.8. The fourth-order valence-electron chi connectivity index (χ4n) is 10.1. The molecule has 0 aromatic carbocycles. The summed E-state index contributed by atoms with van der Waals surface area (Å²) >= 11 is 0. The molecular weight excluding hydrogens is 384 g/mol. The van der Waals surface area contributed by atoms with Gasteiger partial charge in [-0.3, -0.25) is 0 Å². The van der Waals surface area contributed by atoms with E-state index in [2.05, 4.69) is 46.8 Å². The van der Waals surface area contributed by atoms with E-state index in [1.54, 1.807) is 0 Å². The SMILES string of the molecule is CC(C)CC1CC1[C@@H](C)C1CCC2[C@]1(C)CCC1[C@]23C=C[C@]2(C[C@@H](O)CC[C@]12C)OO3. The molecule has 7 rings (SSSR count). The normalized spacial score (nSPS) is 58.0. The monoisotopic (exact) mass is 428 g/mol. The number of rotatable bonds is 4. The van der Waals surface area contributed by atoms with Gasteiger partial charge in [-0.05, 0) is 92.4 Å². The van der Waals surface area contributed by atoms with E-state index in [1.165, 1.54) is 38.5 Å². The fraction of sp³-hybridized carbons (Fsp3) is 0.929. The van der Waals surface area contributed by atoms with Crippen LogP contribution in [0.3, 0.4) is 0 Å². The Morgan fingerprint density at radius 2 is 1.77 bits per heavy atom. The summed E-state index contributed by atoms with van der Waals surface area (Å²) in [6, 6.07) is 0. The molecule has 0 radical (unpaired) electrons. The van der Waals surface area contributed by atoms with Crippen molar-refractivity contribution in [1.82, 2.24) is 0 Å². The fourth-order valence-corrected chi connectivity index (χ4v) is 10.1. The highest BCUT2D eigenvalue weighted by Gasteiger charge is 2.74. The molecule has 7 aliphatic rings. The van der Waals surface area contributed by atoms with Crippen molar-refractivity contribution in [3.63, 3.8) is 0 Å². The van der Waals surface area contributed by atoms with Gasteiger partial charge in [0.25, 0.3) is 0 Å². The zero-order valence-electron chi connectivity index (χ0n) is 20.4. The van der Waals surface area contributed by atoms with Crippen molar-refractivity contribution in [1.29, 1.82) is 0 Å². The van der Waals surface area contributed by atoms with Crippen LogP contribution in [0, 0.1) is 52.3 Å². The standard InChI is InChI=1S/C28H44O3/c1-17(2)14-19-15-21(19)18(3)22-6-7-23-25(22,4)10-9-24-26(5)11-8-20(29)16-27(26)12-13-28(23,24)31-30-27/h12-13,17-24,29H,6-11,14-16H2,1-5H3/t18-,19?,20+,21?,22?,23?,24?,25-,26-,27-,28+/m1/s1. The molecule has 3 heteroatoms. The van der Waals surface area contributed by atoms with E-state index in [-0.39, 0.29) is 17.1 Å². The molecule has 5 unspecified atom stereocenters. The second kappa shape index (κ2) is 6.60. The van der Waals surface area contributed by atoms with Gasteiger partial charge in [0.05, 0.1) is 6.10 Å². The Labute approximate surface area is 189 Å². The minimum atomic E-state index is -0.422. The number of hydrogen-bond acceptors (Lipinski definition) is 3. The van der Waals surface area contributed by atoms with Crippen LogP contribution in [-0.4, -0.2) is 22.4 Å². The number of aliphatic hydroxyl groups excluding tert-OH is 1. The first-order valence-electron chi connectivity index (χ1n) is 13.4. The summed E-state index contributed by atoms with van der Waals surface area (Å²) < 4.78 is 0. The molecule has 2 bridgehead atoms. The highest BCUT2D eigenvalue weighted by molar-refractivity contribution is 5.33. The van der Waals surface area contributed by atoms with Crippen LogP contribution in [0.5, 0.6) is 0 Å². The van der Waals surface area contributed by atoms with Gasteiger partial charge < -0.3 is 5.11 Å². The largest absolute Gasteiger partial charge is 0.393 e. The lowest BCUT2D eigenvalue weighted by Crippen LogP contribution is -2.73. The van der Waals surface area contributed by atoms with Crippen molar-refractivity contribution < 1.29 is 14.9 Å². The van der Waals surface area contributed by atoms with Gasteiger partial charge in [0.15, 0.2) is 0 Å². The molecule has 2 heterocycles. The second-order valence-corrected chi connectivity index (χ2v) is 13.5. The maximum absolute atomic E-state index is 10.4. The van der Waals surface area contributed by atoms with Crippen LogP contribution in [0.15, 0.2) is 12.2 Å². The molecule has 3 nitrogen and oxygen atoms in total. The van der Waals surface area contributed by atoms with Gasteiger partial charge >= 0.3 is 0 Å². The van der Waals surface area contributed by atoms with Crippen LogP contribution in [0.4, 0.5) is 0 Å². The Morgan fingerprint density at radius 3 is 2.48 bits per heavy atom. The second-order valence-electron chi connectivity index (χ2n) is 13.5. The topological polar surface area (TPSA) is 38.7 Å². The Morgan fingerprint density at radius 1 is 0.968 bits per heavy atom. The van der Waals surface area contributed by atoms with Crippen molar-refractivity contribution >= 4 is 0 Å². The van der Waals surface area contributed by atoms with Gasteiger partial charge in [-0.2, -0.15) is 0 Å². The van der Waals surface area contributed by atoms with E-state index in [0.717, 1.165) is 42.4 Å². The van der Waals surface area contributed by atoms with Crippen molar-refractivity contribution in [2.45, 2.75) is 110 Å². The average molecular weight is 429 g/mol. The molecule has 0 aromatic heterocycles. The Bertz CT molecular complexity index is 776. The van der Waals surface area contributed by atoms with Crippen LogP contribution in [0.25, 0.3) is 0 Å². The third kappa shape index (κ3) is 2.63. The first-order valence-corrected chi connectivity index (χ1v) is 13.4. The zero-order chi connectivity index (χ0) is 21.8. The smallest absolute Gasteiger partial charge is 0.130 e. The van der Waals surface area contributed by atoms with E-state index in [1.807, 2.05) is 0 Å². The van der Waals surface area contributed by atoms with Crippen LogP contribution in [0.2, 0.25) is 0 Å². The number of hydrogen-bond donors (Lipinski definition) is 1. The van der Waals surface area contributed by atoms with E-state index in [9.17, 15) is 5.11 Å². The predicted octanol–water partition coefficient (Wildman–Crippen LogP) is 6.31. The maximum Gasteiger partial charge on any atom is 0.130 e. The van der Waals surface area contributed by atoms with Gasteiger partial charge in [-0.15, -0.1) is 0 Å². The molecule has 31 heavy (non-hydrogen) atoms. The molecule has 5 fully saturated rings. The van der Waals surface area contributed by atoms with Crippen LogP contribution in [0.1, 0.15) is 92.4 Å². The van der Waals surface area contributed by atoms with Gasteiger partial charge in [0.1, 0.15) is 11.2 Å². The van der Waals surface area contributed by atoms with Crippen molar-refractivity contribution in [3.05, 3.63) is 12.2 Å². The lowest BCUT2D eigenvalue weighted by Gasteiger charge is -2.69. The molecule has 5 aliphatic carbocycles. The lowest BCUT2D eigenvalue weighted by molar-refractivity contribution is -0.497. The summed E-state index contributed by atoms with van der Waals surface area (Å²) in [7, 11) is 0. The Kier molecular flexibility index (Phi) is 4.51. The van der Waals surface area contributed by atoms with Gasteiger partial charge in [0, 0.05) is 23.7 Å². The highest BCUT2D eigenvalue weighted by atomic mass is 17.2. The summed E-state index contributed by atoms with van der Waals surface area (Å²) in [5.41, 5.74) is -0.227. The molecule has 11 atom stereocenters. The molecule has 4 saturated carbocycles. The molecule has 0 aromatic rings. The van der Waals surface area contributed by atoms with Gasteiger partial charge in [-0.25, -0.2) is 9.78 Å². The third-order valence-electron chi connectivity index (χ3n) is 11.8. The van der Waals surface area contributed by atoms with Crippen molar-refractivity contribution in [3.8, 4) is 0 Å². The zero-order valence-corrected chi connectivity index (χ0v) is 20.4. The number of aliphatic hydroxyl groups is 1. The summed E-state index contributed by atoms with van der Waals surface area (Å²) in [4.78, 5) is 12.8. The molecular formula is C28H44O3. The van der Waals surface area contributed by atoms with E-state index >= 15 is 0 Å². The maximum atomic E-state index is 10.4. The van der Waals surface area contributed by atoms with Crippen LogP contribution < -0.4 is 0 Å². The summed E-state index contributed by atoms with van der Waals surface area (Å²) in [6.45, 7) is 12.4. The lowest BCUT2D eigenvalue weighted by atomic mass is 9.42. The van der Waals surface area contributed by atoms with E-state index < -0.39 is 5.60 Å². The molecule has 174 valence electrons. The Balaban J connectivity index is 1.30. The van der Waals surface area contributed by atoms with Crippen LogP contribution in [-0.2, 0) is 9.78 Å². The number of fused-ring (bicyclic) bond motifs is 2.